The van der Waals surface area contributed by atoms with Gasteiger partial charge in [-0.1, -0.05) is 36.4 Å². The van der Waals surface area contributed by atoms with E-state index < -0.39 is 0 Å². The standard InChI is InChI=1S/C19H15N3O/c1-22-16(11-12-20-22)8-10-19-21-17-13-15(7-9-18(17)23-19)14-5-3-2-4-6-14/h2-13H,1H3. The minimum atomic E-state index is 0.589. The Balaban J connectivity index is 1.68. The van der Waals surface area contributed by atoms with Gasteiger partial charge in [0.2, 0.25) is 5.89 Å². The maximum absolute atomic E-state index is 5.77. The van der Waals surface area contributed by atoms with Crippen molar-refractivity contribution >= 4 is 23.3 Å². The van der Waals surface area contributed by atoms with Crippen molar-refractivity contribution in [3.05, 3.63) is 72.4 Å². The van der Waals surface area contributed by atoms with Crippen molar-refractivity contribution in [2.24, 2.45) is 7.05 Å². The number of aromatic nitrogens is 3. The molecule has 2 aromatic carbocycles. The van der Waals surface area contributed by atoms with Gasteiger partial charge in [0.25, 0.3) is 0 Å². The first-order valence-corrected chi connectivity index (χ1v) is 7.42. The molecule has 0 radical (unpaired) electrons. The third-order valence-electron chi connectivity index (χ3n) is 3.77. The van der Waals surface area contributed by atoms with Gasteiger partial charge >= 0.3 is 0 Å². The number of hydrogen-bond donors (Lipinski definition) is 0. The highest BCUT2D eigenvalue weighted by atomic mass is 16.3. The largest absolute Gasteiger partial charge is 0.437 e. The lowest BCUT2D eigenvalue weighted by atomic mass is 10.1. The molecule has 4 nitrogen and oxygen atoms in total. The van der Waals surface area contributed by atoms with Gasteiger partial charge < -0.3 is 4.42 Å². The Kier molecular flexibility index (Phi) is 3.27. The molecule has 0 saturated heterocycles. The second-order valence-electron chi connectivity index (χ2n) is 5.31. The van der Waals surface area contributed by atoms with E-state index in [9.17, 15) is 0 Å². The van der Waals surface area contributed by atoms with Gasteiger partial charge in [0, 0.05) is 19.3 Å². The molecular weight excluding hydrogens is 286 g/mol. The average molecular weight is 301 g/mol. The third-order valence-corrected chi connectivity index (χ3v) is 3.77. The SMILES string of the molecule is Cn1nccc1C=Cc1nc2cc(-c3ccccc3)ccc2o1. The molecule has 0 unspecified atom stereocenters. The zero-order valence-electron chi connectivity index (χ0n) is 12.7. The van der Waals surface area contributed by atoms with Gasteiger partial charge in [-0.2, -0.15) is 5.10 Å². The van der Waals surface area contributed by atoms with Crippen molar-refractivity contribution in [1.29, 1.82) is 0 Å². The zero-order valence-corrected chi connectivity index (χ0v) is 12.7. The Hall–Kier alpha value is -3.14. The highest BCUT2D eigenvalue weighted by Gasteiger charge is 2.05. The van der Waals surface area contributed by atoms with E-state index >= 15 is 0 Å². The lowest BCUT2D eigenvalue weighted by Crippen LogP contribution is -1.91. The summed E-state index contributed by atoms with van der Waals surface area (Å²) in [6.07, 6.45) is 5.56. The average Bonchev–Trinajstić information content (AvgIpc) is 3.18. The van der Waals surface area contributed by atoms with Gasteiger partial charge in [-0.05, 0) is 35.4 Å². The quantitative estimate of drug-likeness (QED) is 0.563. The van der Waals surface area contributed by atoms with Crippen LogP contribution in [-0.4, -0.2) is 14.8 Å². The fraction of sp³-hybridized carbons (Fsp3) is 0.0526. The molecule has 0 aliphatic rings. The molecule has 0 atom stereocenters. The highest BCUT2D eigenvalue weighted by molar-refractivity contribution is 5.81. The predicted octanol–water partition coefficient (Wildman–Crippen LogP) is 4.40. The molecule has 23 heavy (non-hydrogen) atoms. The summed E-state index contributed by atoms with van der Waals surface area (Å²) < 4.78 is 7.57. The van der Waals surface area contributed by atoms with Crippen LogP contribution in [0.3, 0.4) is 0 Å². The minimum absolute atomic E-state index is 0.589. The Labute approximate surface area is 133 Å². The number of nitrogens with zero attached hydrogens (tertiary/aromatic N) is 3. The minimum Gasteiger partial charge on any atom is -0.437 e. The van der Waals surface area contributed by atoms with Crippen molar-refractivity contribution < 1.29 is 4.42 Å². The van der Waals surface area contributed by atoms with Crippen molar-refractivity contribution in [2.45, 2.75) is 0 Å². The van der Waals surface area contributed by atoms with E-state index in [-0.39, 0.29) is 0 Å². The van der Waals surface area contributed by atoms with E-state index in [0.717, 1.165) is 22.4 Å². The molecule has 0 bridgehead atoms. The summed E-state index contributed by atoms with van der Waals surface area (Å²) >= 11 is 0. The first-order valence-electron chi connectivity index (χ1n) is 7.42. The van der Waals surface area contributed by atoms with Crippen molar-refractivity contribution in [2.75, 3.05) is 0 Å². The second kappa shape index (κ2) is 5.57. The molecule has 4 heteroatoms. The topological polar surface area (TPSA) is 43.9 Å². The molecule has 0 N–H and O–H groups in total. The molecule has 0 aliphatic heterocycles. The highest BCUT2D eigenvalue weighted by Crippen LogP contribution is 2.25. The first-order chi connectivity index (χ1) is 11.3. The number of rotatable bonds is 3. The van der Waals surface area contributed by atoms with E-state index in [1.807, 2.05) is 49.5 Å². The normalized spacial score (nSPS) is 11.5. The maximum atomic E-state index is 5.77. The molecular formula is C19H15N3O. The Morgan fingerprint density at radius 1 is 0.957 bits per heavy atom. The molecule has 0 aliphatic carbocycles. The van der Waals surface area contributed by atoms with Gasteiger partial charge in [-0.15, -0.1) is 0 Å². The van der Waals surface area contributed by atoms with E-state index in [1.165, 1.54) is 5.56 Å². The van der Waals surface area contributed by atoms with E-state index in [0.29, 0.717) is 5.89 Å². The molecule has 2 heterocycles. The van der Waals surface area contributed by atoms with Crippen LogP contribution in [0.2, 0.25) is 0 Å². The van der Waals surface area contributed by atoms with E-state index in [1.54, 1.807) is 10.9 Å². The fourth-order valence-corrected chi connectivity index (χ4v) is 2.53. The number of benzene rings is 2. The smallest absolute Gasteiger partial charge is 0.220 e. The Morgan fingerprint density at radius 2 is 1.83 bits per heavy atom. The summed E-state index contributed by atoms with van der Waals surface area (Å²) in [5.41, 5.74) is 4.94. The van der Waals surface area contributed by atoms with E-state index in [4.69, 9.17) is 4.42 Å². The first kappa shape index (κ1) is 13.5. The van der Waals surface area contributed by atoms with Crippen molar-refractivity contribution in [3.8, 4) is 11.1 Å². The summed E-state index contributed by atoms with van der Waals surface area (Å²) in [5.74, 6) is 0.589. The second-order valence-corrected chi connectivity index (χ2v) is 5.31. The molecule has 4 aromatic rings. The van der Waals surface area contributed by atoms with Crippen LogP contribution in [0.25, 0.3) is 34.4 Å². The molecule has 2 aromatic heterocycles. The third kappa shape index (κ3) is 2.66. The van der Waals surface area contributed by atoms with Crippen LogP contribution >= 0.6 is 0 Å². The molecule has 0 saturated carbocycles. The molecule has 0 spiro atoms. The van der Waals surface area contributed by atoms with Gasteiger partial charge in [0.15, 0.2) is 5.58 Å². The molecule has 112 valence electrons. The Bertz CT molecular complexity index is 980. The van der Waals surface area contributed by atoms with Crippen LogP contribution in [0, 0.1) is 0 Å². The molecule has 0 fully saturated rings. The van der Waals surface area contributed by atoms with Crippen molar-refractivity contribution in [1.82, 2.24) is 14.8 Å². The summed E-state index contributed by atoms with van der Waals surface area (Å²) in [7, 11) is 1.90. The van der Waals surface area contributed by atoms with Gasteiger partial charge in [0.05, 0.1) is 5.69 Å². The van der Waals surface area contributed by atoms with Crippen LogP contribution in [0.1, 0.15) is 11.6 Å². The van der Waals surface area contributed by atoms with Gasteiger partial charge in [-0.25, -0.2) is 4.98 Å². The summed E-state index contributed by atoms with van der Waals surface area (Å²) in [5, 5.41) is 4.13. The number of hydrogen-bond acceptors (Lipinski definition) is 3. The molecule has 0 amide bonds. The monoisotopic (exact) mass is 301 g/mol. The molecule has 4 rings (SSSR count). The fourth-order valence-electron chi connectivity index (χ4n) is 2.53. The predicted molar refractivity (Wildman–Crippen MR) is 91.6 cm³/mol. The van der Waals surface area contributed by atoms with Crippen LogP contribution < -0.4 is 0 Å². The van der Waals surface area contributed by atoms with Gasteiger partial charge in [0.1, 0.15) is 5.52 Å². The zero-order chi connectivity index (χ0) is 15.6. The Morgan fingerprint density at radius 3 is 2.61 bits per heavy atom. The summed E-state index contributed by atoms with van der Waals surface area (Å²) in [4.78, 5) is 4.54. The van der Waals surface area contributed by atoms with Crippen LogP contribution in [-0.2, 0) is 7.05 Å². The van der Waals surface area contributed by atoms with Crippen molar-refractivity contribution in [3.63, 3.8) is 0 Å². The van der Waals surface area contributed by atoms with Crippen LogP contribution in [0.5, 0.6) is 0 Å². The number of oxazole rings is 1. The van der Waals surface area contributed by atoms with Crippen LogP contribution in [0.4, 0.5) is 0 Å². The van der Waals surface area contributed by atoms with E-state index in [2.05, 4.69) is 34.3 Å². The number of aryl methyl sites for hydroxylation is 1. The lowest BCUT2D eigenvalue weighted by Gasteiger charge is -1.99. The number of fused-ring (bicyclic) bond motifs is 1. The maximum Gasteiger partial charge on any atom is 0.220 e. The summed E-state index contributed by atoms with van der Waals surface area (Å²) in [6, 6.07) is 18.3. The summed E-state index contributed by atoms with van der Waals surface area (Å²) in [6.45, 7) is 0. The lowest BCUT2D eigenvalue weighted by molar-refractivity contribution is 0.589. The van der Waals surface area contributed by atoms with Gasteiger partial charge in [-0.3, -0.25) is 4.68 Å². The van der Waals surface area contributed by atoms with Crippen LogP contribution in [0.15, 0.2) is 65.2 Å².